The largest absolute Gasteiger partial charge is 0.500 e. The second-order valence-electron chi connectivity index (χ2n) is 2.61. The molecule has 1 rings (SSSR count). The van der Waals surface area contributed by atoms with Crippen molar-refractivity contribution in [3.63, 3.8) is 0 Å². The Morgan fingerprint density at radius 3 is 2.80 bits per heavy atom. The fraction of sp³-hybridized carbons (Fsp3) is 0.750. The quantitative estimate of drug-likeness (QED) is 0.459. The van der Waals surface area contributed by atoms with Crippen LogP contribution in [0.1, 0.15) is 20.3 Å². The molecule has 0 aromatic carbocycles. The first-order valence-electron chi connectivity index (χ1n) is 3.70. The van der Waals surface area contributed by atoms with Crippen LogP contribution >= 0.6 is 11.8 Å². The normalized spacial score (nSPS) is 31.0. The highest BCUT2D eigenvalue weighted by Crippen LogP contribution is 2.47. The van der Waals surface area contributed by atoms with Gasteiger partial charge in [-0.05, 0) is 13.3 Å². The summed E-state index contributed by atoms with van der Waals surface area (Å²) in [7, 11) is 0. The molecule has 0 radical (unpaired) electrons. The van der Waals surface area contributed by atoms with Crippen LogP contribution in [0.5, 0.6) is 0 Å². The Bertz CT molecular complexity index is 127. The molecule has 1 atom stereocenters. The lowest BCUT2D eigenvalue weighted by atomic mass is 10.1. The van der Waals surface area contributed by atoms with Crippen molar-refractivity contribution >= 4 is 11.8 Å². The summed E-state index contributed by atoms with van der Waals surface area (Å²) in [6, 6.07) is 0. The maximum Gasteiger partial charge on any atom is 0.103 e. The van der Waals surface area contributed by atoms with Gasteiger partial charge in [0.15, 0.2) is 0 Å². The Hall–Kier alpha value is -0.110. The van der Waals surface area contributed by atoms with Crippen LogP contribution in [-0.2, 0) is 4.74 Å². The molecule has 58 valence electrons. The van der Waals surface area contributed by atoms with Crippen molar-refractivity contribution in [2.45, 2.75) is 25.0 Å². The molecule has 1 nitrogen and oxygen atoms in total. The van der Waals surface area contributed by atoms with E-state index in [1.165, 1.54) is 12.2 Å². The maximum absolute atomic E-state index is 5.30. The van der Waals surface area contributed by atoms with Gasteiger partial charge in [0.2, 0.25) is 0 Å². The average molecular weight is 158 g/mol. The van der Waals surface area contributed by atoms with Gasteiger partial charge in [-0.3, -0.25) is 0 Å². The van der Waals surface area contributed by atoms with Gasteiger partial charge in [0.05, 0.1) is 11.0 Å². The molecule has 1 fully saturated rings. The number of hydrogen-bond acceptors (Lipinski definition) is 2. The van der Waals surface area contributed by atoms with Crippen molar-refractivity contribution in [2.24, 2.45) is 0 Å². The highest BCUT2D eigenvalue weighted by atomic mass is 32.2. The van der Waals surface area contributed by atoms with E-state index >= 15 is 0 Å². The molecule has 0 aromatic rings. The molecule has 0 aliphatic carbocycles. The van der Waals surface area contributed by atoms with E-state index < -0.39 is 0 Å². The molecule has 0 spiro atoms. The summed E-state index contributed by atoms with van der Waals surface area (Å²) in [5, 5.41) is 0. The van der Waals surface area contributed by atoms with Crippen molar-refractivity contribution < 1.29 is 4.74 Å². The van der Waals surface area contributed by atoms with Gasteiger partial charge in [-0.1, -0.05) is 13.0 Å². The summed E-state index contributed by atoms with van der Waals surface area (Å²) in [5.41, 5.74) is 0. The molecule has 10 heavy (non-hydrogen) atoms. The molecule has 1 aliphatic rings. The lowest BCUT2D eigenvalue weighted by Gasteiger charge is -2.08. The fourth-order valence-electron chi connectivity index (χ4n) is 0.788. The van der Waals surface area contributed by atoms with Gasteiger partial charge in [-0.2, -0.15) is 0 Å². The van der Waals surface area contributed by atoms with Gasteiger partial charge >= 0.3 is 0 Å². The molecule has 0 amide bonds. The van der Waals surface area contributed by atoms with Crippen LogP contribution in [-0.4, -0.2) is 17.1 Å². The molecule has 2 heteroatoms. The summed E-state index contributed by atoms with van der Waals surface area (Å²) in [6.45, 7) is 5.08. The van der Waals surface area contributed by atoms with E-state index in [1.54, 1.807) is 6.26 Å². The van der Waals surface area contributed by atoms with Crippen LogP contribution in [0.2, 0.25) is 0 Å². The molecular weight excluding hydrogens is 144 g/mol. The molecule has 0 N–H and O–H groups in total. The Kier molecular flexibility index (Phi) is 2.66. The van der Waals surface area contributed by atoms with E-state index in [0.717, 1.165) is 6.61 Å². The molecule has 0 aromatic heterocycles. The van der Waals surface area contributed by atoms with Gasteiger partial charge < -0.3 is 4.74 Å². The molecule has 1 saturated heterocycles. The van der Waals surface area contributed by atoms with Gasteiger partial charge in [-0.25, -0.2) is 0 Å². The Balaban J connectivity index is 2.12. The van der Waals surface area contributed by atoms with Gasteiger partial charge in [0, 0.05) is 5.75 Å². The first-order chi connectivity index (χ1) is 4.83. The van der Waals surface area contributed by atoms with Crippen molar-refractivity contribution in [1.29, 1.82) is 0 Å². The predicted molar refractivity (Wildman–Crippen MR) is 46.2 cm³/mol. The molecular formula is C8H14OS. The monoisotopic (exact) mass is 158 g/mol. The summed E-state index contributed by atoms with van der Waals surface area (Å²) in [6.07, 6.45) is 4.93. The summed E-state index contributed by atoms with van der Waals surface area (Å²) < 4.78 is 5.79. The third-order valence-electron chi connectivity index (χ3n) is 1.78. The van der Waals surface area contributed by atoms with Crippen molar-refractivity contribution in [2.75, 3.05) is 12.4 Å². The van der Waals surface area contributed by atoms with Crippen molar-refractivity contribution in [3.05, 3.63) is 12.3 Å². The van der Waals surface area contributed by atoms with E-state index in [4.69, 9.17) is 4.74 Å². The summed E-state index contributed by atoms with van der Waals surface area (Å²) >= 11 is 2.01. The zero-order valence-electron chi connectivity index (χ0n) is 6.59. The van der Waals surface area contributed by atoms with Crippen LogP contribution in [0, 0.1) is 0 Å². The fourth-order valence-corrected chi connectivity index (χ4v) is 1.63. The Morgan fingerprint density at radius 2 is 2.40 bits per heavy atom. The molecule has 1 heterocycles. The molecule has 0 bridgehead atoms. The SMILES string of the molecule is C/C=C/OCC1(CC)CS1. The minimum atomic E-state index is 0.486. The van der Waals surface area contributed by atoms with Crippen LogP contribution in [0.3, 0.4) is 0 Å². The Morgan fingerprint density at radius 1 is 1.70 bits per heavy atom. The van der Waals surface area contributed by atoms with E-state index in [0.29, 0.717) is 4.75 Å². The number of allylic oxidation sites excluding steroid dienone is 1. The van der Waals surface area contributed by atoms with Crippen LogP contribution in [0.15, 0.2) is 12.3 Å². The van der Waals surface area contributed by atoms with Crippen LogP contribution in [0.25, 0.3) is 0 Å². The zero-order valence-corrected chi connectivity index (χ0v) is 7.41. The van der Waals surface area contributed by atoms with Crippen molar-refractivity contribution in [3.8, 4) is 0 Å². The summed E-state index contributed by atoms with van der Waals surface area (Å²) in [4.78, 5) is 0. The average Bonchev–Trinajstić information content (AvgIpc) is 2.70. The Labute approximate surface area is 66.8 Å². The van der Waals surface area contributed by atoms with Crippen molar-refractivity contribution in [1.82, 2.24) is 0 Å². The van der Waals surface area contributed by atoms with Gasteiger partial charge in [0.1, 0.15) is 6.61 Å². The topological polar surface area (TPSA) is 9.23 Å². The lowest BCUT2D eigenvalue weighted by molar-refractivity contribution is 0.228. The second kappa shape index (κ2) is 3.33. The first kappa shape index (κ1) is 7.99. The number of thioether (sulfide) groups is 1. The minimum Gasteiger partial charge on any atom is -0.500 e. The third kappa shape index (κ3) is 1.94. The number of ether oxygens (including phenoxy) is 1. The molecule has 1 aliphatic heterocycles. The summed E-state index contributed by atoms with van der Waals surface area (Å²) in [5.74, 6) is 1.28. The van der Waals surface area contributed by atoms with E-state index in [1.807, 2.05) is 24.8 Å². The smallest absolute Gasteiger partial charge is 0.103 e. The molecule has 0 saturated carbocycles. The third-order valence-corrected chi connectivity index (χ3v) is 3.29. The van der Waals surface area contributed by atoms with E-state index in [-0.39, 0.29) is 0 Å². The maximum atomic E-state index is 5.30. The first-order valence-corrected chi connectivity index (χ1v) is 4.68. The molecule has 1 unspecified atom stereocenters. The standard InChI is InChI=1S/C8H14OS/c1-3-5-9-6-8(4-2)7-10-8/h3,5H,4,6-7H2,1-2H3/b5-3+. The highest BCUT2D eigenvalue weighted by Gasteiger charge is 2.42. The second-order valence-corrected chi connectivity index (χ2v) is 4.05. The highest BCUT2D eigenvalue weighted by molar-refractivity contribution is 8.07. The van der Waals surface area contributed by atoms with E-state index in [2.05, 4.69) is 6.92 Å². The minimum absolute atomic E-state index is 0.486. The van der Waals surface area contributed by atoms with E-state index in [9.17, 15) is 0 Å². The van der Waals surface area contributed by atoms with Crippen LogP contribution < -0.4 is 0 Å². The lowest BCUT2D eigenvalue weighted by Crippen LogP contribution is -2.14. The van der Waals surface area contributed by atoms with Gasteiger partial charge in [-0.15, -0.1) is 11.8 Å². The van der Waals surface area contributed by atoms with Crippen LogP contribution in [0.4, 0.5) is 0 Å². The number of hydrogen-bond donors (Lipinski definition) is 0. The number of rotatable bonds is 4. The van der Waals surface area contributed by atoms with Gasteiger partial charge in [0.25, 0.3) is 0 Å². The predicted octanol–water partition coefficient (Wildman–Crippen LogP) is 2.43. The zero-order chi connectivity index (χ0) is 7.45.